The first-order chi connectivity index (χ1) is 14.2. The summed E-state index contributed by atoms with van der Waals surface area (Å²) in [5, 5.41) is 9.53. The fraction of sp³-hybridized carbons (Fsp3) is 0.500. The molecule has 2 aliphatic heterocycles. The van der Waals surface area contributed by atoms with E-state index in [0.29, 0.717) is 24.7 Å². The van der Waals surface area contributed by atoms with Crippen LogP contribution < -0.4 is 10.5 Å². The summed E-state index contributed by atoms with van der Waals surface area (Å²) in [6.07, 6.45) is 5.13. The van der Waals surface area contributed by atoms with E-state index in [1.807, 2.05) is 6.07 Å². The molecule has 7 nitrogen and oxygen atoms in total. The minimum absolute atomic E-state index is 0.0799. The summed E-state index contributed by atoms with van der Waals surface area (Å²) in [7, 11) is 0. The molecule has 0 aliphatic carbocycles. The van der Waals surface area contributed by atoms with E-state index in [-0.39, 0.29) is 17.4 Å². The second kappa shape index (κ2) is 9.21. The Balaban J connectivity index is 1.48. The van der Waals surface area contributed by atoms with E-state index in [0.717, 1.165) is 51.8 Å². The fourth-order valence-electron chi connectivity index (χ4n) is 3.96. The highest BCUT2D eigenvalue weighted by Gasteiger charge is 2.21. The molecule has 1 saturated heterocycles. The monoisotopic (exact) mass is 394 g/mol. The maximum atomic E-state index is 12.5. The molecule has 152 valence electrons. The Morgan fingerprint density at radius 1 is 1.24 bits per heavy atom. The van der Waals surface area contributed by atoms with Crippen LogP contribution in [0.3, 0.4) is 0 Å². The minimum atomic E-state index is -0.386. The lowest BCUT2D eigenvalue weighted by atomic mass is 10.0. The maximum Gasteiger partial charge on any atom is 0.271 e. The van der Waals surface area contributed by atoms with Crippen molar-refractivity contribution >= 4 is 5.82 Å². The van der Waals surface area contributed by atoms with Crippen LogP contribution in [0.2, 0.25) is 0 Å². The molecule has 1 aromatic heterocycles. The zero-order valence-corrected chi connectivity index (χ0v) is 16.5. The van der Waals surface area contributed by atoms with Gasteiger partial charge in [0.25, 0.3) is 5.56 Å². The number of ether oxygens (including phenoxy) is 2. The highest BCUT2D eigenvalue weighted by molar-refractivity contribution is 5.53. The van der Waals surface area contributed by atoms with Crippen LogP contribution in [0.4, 0.5) is 5.82 Å². The predicted octanol–water partition coefficient (Wildman–Crippen LogP) is 2.33. The van der Waals surface area contributed by atoms with Gasteiger partial charge in [0.05, 0.1) is 6.61 Å². The van der Waals surface area contributed by atoms with Gasteiger partial charge in [-0.3, -0.25) is 4.79 Å². The summed E-state index contributed by atoms with van der Waals surface area (Å²) < 4.78 is 11.3. The van der Waals surface area contributed by atoms with Crippen LogP contribution in [-0.4, -0.2) is 42.6 Å². The summed E-state index contributed by atoms with van der Waals surface area (Å²) in [6, 6.07) is 10.4. The molecule has 0 amide bonds. The van der Waals surface area contributed by atoms with Crippen LogP contribution in [0.1, 0.15) is 41.8 Å². The van der Waals surface area contributed by atoms with Gasteiger partial charge in [-0.2, -0.15) is 5.26 Å². The summed E-state index contributed by atoms with van der Waals surface area (Å²) in [5.41, 5.74) is 2.33. The third-order valence-corrected chi connectivity index (χ3v) is 5.56. The largest absolute Gasteiger partial charge is 0.355 e. The molecule has 1 unspecified atom stereocenters. The highest BCUT2D eigenvalue weighted by Crippen LogP contribution is 2.21. The smallest absolute Gasteiger partial charge is 0.271 e. The predicted molar refractivity (Wildman–Crippen MR) is 109 cm³/mol. The maximum absolute atomic E-state index is 12.5. The first kappa shape index (κ1) is 19.6. The van der Waals surface area contributed by atoms with E-state index < -0.39 is 0 Å². The van der Waals surface area contributed by atoms with E-state index in [1.165, 1.54) is 11.1 Å². The van der Waals surface area contributed by atoms with Gasteiger partial charge in [0.2, 0.25) is 0 Å². The Morgan fingerprint density at radius 3 is 2.66 bits per heavy atom. The van der Waals surface area contributed by atoms with Gasteiger partial charge in [-0.1, -0.05) is 24.3 Å². The Labute approximate surface area is 170 Å². The van der Waals surface area contributed by atoms with Crippen molar-refractivity contribution in [2.75, 3.05) is 31.2 Å². The van der Waals surface area contributed by atoms with Gasteiger partial charge in [-0.25, -0.2) is 4.98 Å². The van der Waals surface area contributed by atoms with Gasteiger partial charge in [-0.15, -0.1) is 0 Å². The SMILES string of the molecule is N#Cc1c(N2CCc3ccccc3CC2)nc(CCOC2CCCCO2)[nH]c1=O. The number of nitrogens with zero attached hydrogens (tertiary/aromatic N) is 3. The molecule has 0 bridgehead atoms. The zero-order valence-electron chi connectivity index (χ0n) is 16.5. The highest BCUT2D eigenvalue weighted by atomic mass is 16.7. The molecule has 0 radical (unpaired) electrons. The van der Waals surface area contributed by atoms with E-state index in [4.69, 9.17) is 9.47 Å². The summed E-state index contributed by atoms with van der Waals surface area (Å²) >= 11 is 0. The average molecular weight is 394 g/mol. The molecule has 3 heterocycles. The standard InChI is InChI=1S/C22H26N4O3/c23-15-18-21(26-11-8-16-5-1-2-6-17(16)9-12-26)24-19(25-22(18)27)10-14-29-20-7-3-4-13-28-20/h1-2,5-6,20H,3-4,7-14H2,(H,24,25,27). The molecule has 1 aromatic carbocycles. The number of aromatic nitrogens is 2. The summed E-state index contributed by atoms with van der Waals surface area (Å²) in [4.78, 5) is 21.9. The molecule has 0 saturated carbocycles. The van der Waals surface area contributed by atoms with Crippen molar-refractivity contribution in [2.24, 2.45) is 0 Å². The molecular weight excluding hydrogens is 368 g/mol. The molecule has 4 rings (SSSR count). The molecule has 2 aliphatic rings. The number of H-pyrrole nitrogens is 1. The van der Waals surface area contributed by atoms with Crippen LogP contribution in [0, 0.1) is 11.3 Å². The number of rotatable bonds is 5. The van der Waals surface area contributed by atoms with Crippen molar-refractivity contribution in [3.05, 3.63) is 57.1 Å². The molecule has 1 atom stereocenters. The lowest BCUT2D eigenvalue weighted by molar-refractivity contribution is -0.161. The number of benzene rings is 1. The van der Waals surface area contributed by atoms with Gasteiger partial charge < -0.3 is 19.4 Å². The Bertz CT molecular complexity index is 917. The van der Waals surface area contributed by atoms with E-state index in [9.17, 15) is 10.1 Å². The van der Waals surface area contributed by atoms with Crippen molar-refractivity contribution in [2.45, 2.75) is 44.8 Å². The number of hydrogen-bond donors (Lipinski definition) is 1. The van der Waals surface area contributed by atoms with E-state index in [1.54, 1.807) is 0 Å². The molecule has 29 heavy (non-hydrogen) atoms. The third kappa shape index (κ3) is 4.66. The van der Waals surface area contributed by atoms with E-state index >= 15 is 0 Å². The number of aromatic amines is 1. The molecule has 0 spiro atoms. The molecular formula is C22H26N4O3. The zero-order chi connectivity index (χ0) is 20.1. The van der Waals surface area contributed by atoms with Gasteiger partial charge in [0, 0.05) is 26.1 Å². The van der Waals surface area contributed by atoms with Crippen molar-refractivity contribution in [3.63, 3.8) is 0 Å². The van der Waals surface area contributed by atoms with Gasteiger partial charge in [0.15, 0.2) is 17.7 Å². The fourth-order valence-corrected chi connectivity index (χ4v) is 3.96. The van der Waals surface area contributed by atoms with Crippen LogP contribution >= 0.6 is 0 Å². The molecule has 7 heteroatoms. The average Bonchev–Trinajstić information content (AvgIpc) is 2.97. The molecule has 1 N–H and O–H groups in total. The second-order valence-electron chi connectivity index (χ2n) is 7.50. The topological polar surface area (TPSA) is 91.2 Å². The lowest BCUT2D eigenvalue weighted by Crippen LogP contribution is -2.31. The quantitative estimate of drug-likeness (QED) is 0.837. The first-order valence-electron chi connectivity index (χ1n) is 10.3. The first-order valence-corrected chi connectivity index (χ1v) is 10.3. The second-order valence-corrected chi connectivity index (χ2v) is 7.50. The summed E-state index contributed by atoms with van der Waals surface area (Å²) in [5.74, 6) is 1.02. The van der Waals surface area contributed by atoms with Crippen LogP contribution in [0.5, 0.6) is 0 Å². The number of nitrogens with one attached hydrogen (secondary N) is 1. The Morgan fingerprint density at radius 2 is 2.00 bits per heavy atom. The Hall–Kier alpha value is -2.69. The molecule has 1 fully saturated rings. The van der Waals surface area contributed by atoms with Gasteiger partial charge in [0.1, 0.15) is 11.9 Å². The van der Waals surface area contributed by atoms with Crippen molar-refractivity contribution < 1.29 is 9.47 Å². The number of anilines is 1. The van der Waals surface area contributed by atoms with Crippen molar-refractivity contribution in [3.8, 4) is 6.07 Å². The molecule has 2 aromatic rings. The summed E-state index contributed by atoms with van der Waals surface area (Å²) in [6.45, 7) is 2.62. The van der Waals surface area contributed by atoms with Crippen LogP contribution in [0.25, 0.3) is 0 Å². The third-order valence-electron chi connectivity index (χ3n) is 5.56. The number of hydrogen-bond acceptors (Lipinski definition) is 6. The minimum Gasteiger partial charge on any atom is -0.355 e. The van der Waals surface area contributed by atoms with Crippen LogP contribution in [-0.2, 0) is 28.7 Å². The van der Waals surface area contributed by atoms with Crippen molar-refractivity contribution in [1.29, 1.82) is 5.26 Å². The van der Waals surface area contributed by atoms with Gasteiger partial charge >= 0.3 is 0 Å². The lowest BCUT2D eigenvalue weighted by Gasteiger charge is -2.23. The Kier molecular flexibility index (Phi) is 6.23. The number of fused-ring (bicyclic) bond motifs is 1. The van der Waals surface area contributed by atoms with Gasteiger partial charge in [-0.05, 0) is 43.2 Å². The van der Waals surface area contributed by atoms with Crippen LogP contribution in [0.15, 0.2) is 29.1 Å². The van der Waals surface area contributed by atoms with Crippen molar-refractivity contribution in [1.82, 2.24) is 9.97 Å². The van der Waals surface area contributed by atoms with E-state index in [2.05, 4.69) is 39.1 Å². The number of nitriles is 1. The normalized spacial score (nSPS) is 19.3.